The van der Waals surface area contributed by atoms with Crippen LogP contribution in [0.15, 0.2) is 18.3 Å². The molecule has 5 heteroatoms. The molecule has 0 aliphatic heterocycles. The molecule has 0 amide bonds. The van der Waals surface area contributed by atoms with Gasteiger partial charge in [0.1, 0.15) is 5.75 Å². The zero-order valence-electron chi connectivity index (χ0n) is 9.87. The normalized spacial score (nSPS) is 10.4. The van der Waals surface area contributed by atoms with Crippen LogP contribution < -0.4 is 9.47 Å². The first kappa shape index (κ1) is 11.8. The van der Waals surface area contributed by atoms with Crippen LogP contribution in [0.5, 0.6) is 11.8 Å². The summed E-state index contributed by atoms with van der Waals surface area (Å²) >= 11 is 6.11. The zero-order chi connectivity index (χ0) is 12.4. The Balaban J connectivity index is 2.53. The number of rotatable bonds is 3. The maximum absolute atomic E-state index is 6.11. The highest BCUT2D eigenvalue weighted by Crippen LogP contribution is 2.34. The standard InChI is InChI=1S/C12H13ClN2O2/c1-7-4-11(16-2)8(5-9(7)13)10-6-14-12(15-10)17-3/h4-6H,1-3H3,(H,14,15). The fourth-order valence-electron chi connectivity index (χ4n) is 1.58. The van der Waals surface area contributed by atoms with Gasteiger partial charge in [-0.25, -0.2) is 4.98 Å². The molecule has 0 aliphatic carbocycles. The van der Waals surface area contributed by atoms with Crippen molar-refractivity contribution in [3.8, 4) is 23.0 Å². The van der Waals surface area contributed by atoms with Crippen LogP contribution in [-0.2, 0) is 0 Å². The van der Waals surface area contributed by atoms with Crippen molar-refractivity contribution in [2.75, 3.05) is 14.2 Å². The summed E-state index contributed by atoms with van der Waals surface area (Å²) in [5.41, 5.74) is 2.64. The molecule has 0 fully saturated rings. The summed E-state index contributed by atoms with van der Waals surface area (Å²) in [6.45, 7) is 1.93. The Morgan fingerprint density at radius 2 is 2.00 bits per heavy atom. The first-order valence-corrected chi connectivity index (χ1v) is 5.47. The third-order valence-electron chi connectivity index (χ3n) is 2.52. The van der Waals surface area contributed by atoms with E-state index in [-0.39, 0.29) is 0 Å². The quantitative estimate of drug-likeness (QED) is 0.913. The number of nitrogens with one attached hydrogen (secondary N) is 1. The number of halogens is 1. The van der Waals surface area contributed by atoms with E-state index in [0.717, 1.165) is 22.6 Å². The number of hydrogen-bond acceptors (Lipinski definition) is 3. The number of ether oxygens (including phenoxy) is 2. The fraction of sp³-hybridized carbons (Fsp3) is 0.250. The lowest BCUT2D eigenvalue weighted by molar-refractivity contribution is 0.384. The van der Waals surface area contributed by atoms with Crippen molar-refractivity contribution in [2.24, 2.45) is 0 Å². The SMILES string of the molecule is COc1ncc(-c2cc(Cl)c(C)cc2OC)[nH]1. The Kier molecular flexibility index (Phi) is 3.24. The van der Waals surface area contributed by atoms with Gasteiger partial charge in [0.15, 0.2) is 0 Å². The summed E-state index contributed by atoms with van der Waals surface area (Å²) in [5, 5.41) is 0.689. The Morgan fingerprint density at radius 1 is 1.24 bits per heavy atom. The fourth-order valence-corrected chi connectivity index (χ4v) is 1.74. The molecule has 4 nitrogen and oxygen atoms in total. The van der Waals surface area contributed by atoms with E-state index < -0.39 is 0 Å². The molecule has 0 saturated heterocycles. The van der Waals surface area contributed by atoms with Crippen LogP contribution in [0.4, 0.5) is 0 Å². The van der Waals surface area contributed by atoms with Crippen LogP contribution in [-0.4, -0.2) is 24.2 Å². The van der Waals surface area contributed by atoms with Crippen LogP contribution in [0.2, 0.25) is 5.02 Å². The number of aryl methyl sites for hydroxylation is 1. The summed E-state index contributed by atoms with van der Waals surface area (Å²) in [6, 6.07) is 4.20. The minimum atomic E-state index is 0.457. The maximum atomic E-state index is 6.11. The average Bonchev–Trinajstić information content (AvgIpc) is 2.80. The lowest BCUT2D eigenvalue weighted by Gasteiger charge is -2.09. The molecular weight excluding hydrogens is 240 g/mol. The molecule has 1 aromatic heterocycles. The van der Waals surface area contributed by atoms with Crippen LogP contribution in [0.25, 0.3) is 11.3 Å². The van der Waals surface area contributed by atoms with Crippen LogP contribution in [0, 0.1) is 6.92 Å². The minimum absolute atomic E-state index is 0.457. The molecule has 1 aromatic carbocycles. The van der Waals surface area contributed by atoms with Crippen molar-refractivity contribution in [1.82, 2.24) is 9.97 Å². The van der Waals surface area contributed by atoms with Gasteiger partial charge in [0.25, 0.3) is 6.01 Å². The highest BCUT2D eigenvalue weighted by Gasteiger charge is 2.11. The predicted octanol–water partition coefficient (Wildman–Crippen LogP) is 3.06. The minimum Gasteiger partial charge on any atom is -0.496 e. The summed E-state index contributed by atoms with van der Waals surface area (Å²) in [6.07, 6.45) is 1.68. The largest absolute Gasteiger partial charge is 0.496 e. The van der Waals surface area contributed by atoms with Gasteiger partial charge in [-0.3, -0.25) is 0 Å². The van der Waals surface area contributed by atoms with E-state index in [1.165, 1.54) is 0 Å². The number of imidazole rings is 1. The summed E-state index contributed by atoms with van der Waals surface area (Å²) in [4.78, 5) is 7.09. The van der Waals surface area contributed by atoms with Crippen LogP contribution in [0.3, 0.4) is 0 Å². The summed E-state index contributed by atoms with van der Waals surface area (Å²) in [7, 11) is 3.18. The number of benzene rings is 1. The van der Waals surface area contributed by atoms with Gasteiger partial charge in [-0.1, -0.05) is 11.6 Å². The Morgan fingerprint density at radius 3 is 2.59 bits per heavy atom. The third-order valence-corrected chi connectivity index (χ3v) is 2.92. The molecule has 0 atom stereocenters. The maximum Gasteiger partial charge on any atom is 0.293 e. The van der Waals surface area contributed by atoms with Gasteiger partial charge in [-0.05, 0) is 24.6 Å². The lowest BCUT2D eigenvalue weighted by atomic mass is 10.1. The Labute approximate surface area is 105 Å². The molecule has 0 unspecified atom stereocenters. The highest BCUT2D eigenvalue weighted by molar-refractivity contribution is 6.31. The second-order valence-electron chi connectivity index (χ2n) is 3.61. The molecule has 90 valence electrons. The number of aromatic amines is 1. The Bertz CT molecular complexity index is 537. The van der Waals surface area contributed by atoms with Gasteiger partial charge < -0.3 is 14.5 Å². The van der Waals surface area contributed by atoms with E-state index in [0.29, 0.717) is 11.0 Å². The van der Waals surface area contributed by atoms with Gasteiger partial charge in [0.2, 0.25) is 0 Å². The molecule has 0 saturated carbocycles. The second-order valence-corrected chi connectivity index (χ2v) is 4.02. The summed E-state index contributed by atoms with van der Waals surface area (Å²) < 4.78 is 10.3. The van der Waals surface area contributed by atoms with E-state index in [2.05, 4.69) is 9.97 Å². The van der Waals surface area contributed by atoms with E-state index in [1.54, 1.807) is 20.4 Å². The molecule has 17 heavy (non-hydrogen) atoms. The van der Waals surface area contributed by atoms with Gasteiger partial charge in [-0.15, -0.1) is 0 Å². The van der Waals surface area contributed by atoms with Gasteiger partial charge in [-0.2, -0.15) is 0 Å². The topological polar surface area (TPSA) is 47.1 Å². The van der Waals surface area contributed by atoms with E-state index in [1.807, 2.05) is 19.1 Å². The molecule has 0 aliphatic rings. The number of nitrogens with zero attached hydrogens (tertiary/aromatic N) is 1. The van der Waals surface area contributed by atoms with Gasteiger partial charge in [0.05, 0.1) is 26.1 Å². The predicted molar refractivity (Wildman–Crippen MR) is 66.9 cm³/mol. The molecule has 2 aromatic rings. The zero-order valence-corrected chi connectivity index (χ0v) is 10.6. The molecule has 1 N–H and O–H groups in total. The highest BCUT2D eigenvalue weighted by atomic mass is 35.5. The first-order chi connectivity index (χ1) is 8.15. The number of hydrogen-bond donors (Lipinski definition) is 1. The smallest absolute Gasteiger partial charge is 0.293 e. The van der Waals surface area contributed by atoms with Crippen LogP contribution in [0.1, 0.15) is 5.56 Å². The van der Waals surface area contributed by atoms with E-state index in [4.69, 9.17) is 21.1 Å². The summed E-state index contributed by atoms with van der Waals surface area (Å²) in [5.74, 6) is 0.748. The number of H-pyrrole nitrogens is 1. The van der Waals surface area contributed by atoms with Crippen molar-refractivity contribution >= 4 is 11.6 Å². The van der Waals surface area contributed by atoms with Gasteiger partial charge in [0, 0.05) is 10.6 Å². The molecule has 2 rings (SSSR count). The molecule has 1 heterocycles. The third kappa shape index (κ3) is 2.22. The molecule has 0 spiro atoms. The van der Waals surface area contributed by atoms with Crippen molar-refractivity contribution in [3.63, 3.8) is 0 Å². The van der Waals surface area contributed by atoms with Crippen LogP contribution >= 0.6 is 11.6 Å². The molecular formula is C12H13ClN2O2. The number of methoxy groups -OCH3 is 2. The van der Waals surface area contributed by atoms with Crippen molar-refractivity contribution in [1.29, 1.82) is 0 Å². The second kappa shape index (κ2) is 4.67. The lowest BCUT2D eigenvalue weighted by Crippen LogP contribution is -1.90. The first-order valence-electron chi connectivity index (χ1n) is 5.09. The van der Waals surface area contributed by atoms with Crippen molar-refractivity contribution in [2.45, 2.75) is 6.92 Å². The number of aromatic nitrogens is 2. The molecule has 0 bridgehead atoms. The van der Waals surface area contributed by atoms with E-state index >= 15 is 0 Å². The van der Waals surface area contributed by atoms with Crippen molar-refractivity contribution in [3.05, 3.63) is 28.9 Å². The Hall–Kier alpha value is -1.68. The molecule has 0 radical (unpaired) electrons. The average molecular weight is 253 g/mol. The monoisotopic (exact) mass is 252 g/mol. The van der Waals surface area contributed by atoms with E-state index in [9.17, 15) is 0 Å². The van der Waals surface area contributed by atoms with Gasteiger partial charge >= 0.3 is 0 Å². The van der Waals surface area contributed by atoms with Crippen molar-refractivity contribution < 1.29 is 9.47 Å².